The second kappa shape index (κ2) is 4.55. The lowest BCUT2D eigenvalue weighted by Gasteiger charge is -2.07. The minimum atomic E-state index is -0.424. The molecule has 0 aliphatic rings. The number of thiazole rings is 1. The molecule has 6 heteroatoms. The third-order valence-electron chi connectivity index (χ3n) is 1.50. The second-order valence-corrected chi connectivity index (χ2v) is 3.64. The van der Waals surface area contributed by atoms with E-state index in [4.69, 9.17) is 17.3 Å². The molecular weight excluding hydrogens is 212 g/mol. The van der Waals surface area contributed by atoms with Crippen LogP contribution in [0.1, 0.15) is 17.3 Å². The molecule has 13 heavy (non-hydrogen) atoms. The Morgan fingerprint density at radius 1 is 1.92 bits per heavy atom. The highest BCUT2D eigenvalue weighted by Crippen LogP contribution is 2.26. The van der Waals surface area contributed by atoms with Crippen molar-refractivity contribution in [3.05, 3.63) is 15.5 Å². The topological polar surface area (TPSA) is 65.2 Å². The highest BCUT2D eigenvalue weighted by atomic mass is 35.5. The van der Waals surface area contributed by atoms with Crippen molar-refractivity contribution < 1.29 is 9.53 Å². The monoisotopic (exact) mass is 220 g/mol. The summed E-state index contributed by atoms with van der Waals surface area (Å²) in [5, 5.41) is 0.362. The molecule has 0 unspecified atom stereocenters. The summed E-state index contributed by atoms with van der Waals surface area (Å²) in [5.41, 5.74) is 7.29. The van der Waals surface area contributed by atoms with E-state index in [0.717, 1.165) is 0 Å². The summed E-state index contributed by atoms with van der Waals surface area (Å²) in [4.78, 5) is 15.4. The van der Waals surface area contributed by atoms with Crippen molar-refractivity contribution in [2.45, 2.75) is 12.5 Å². The van der Waals surface area contributed by atoms with Crippen LogP contribution in [-0.4, -0.2) is 18.1 Å². The van der Waals surface area contributed by atoms with Gasteiger partial charge in [0.15, 0.2) is 0 Å². The van der Waals surface area contributed by atoms with E-state index in [1.165, 1.54) is 18.4 Å². The number of carbonyl (C=O) groups excluding carboxylic acids is 1. The maximum Gasteiger partial charge on any atom is 0.307 e. The number of aromatic nitrogens is 1. The van der Waals surface area contributed by atoms with Gasteiger partial charge in [0.1, 0.15) is 5.15 Å². The average Bonchev–Trinajstić information content (AvgIpc) is 2.51. The van der Waals surface area contributed by atoms with Gasteiger partial charge in [-0.05, 0) is 0 Å². The van der Waals surface area contributed by atoms with Crippen LogP contribution in [0, 0.1) is 0 Å². The van der Waals surface area contributed by atoms with Gasteiger partial charge in [0, 0.05) is 0 Å². The first kappa shape index (κ1) is 10.4. The number of rotatable bonds is 3. The van der Waals surface area contributed by atoms with Gasteiger partial charge in [0.2, 0.25) is 0 Å². The van der Waals surface area contributed by atoms with E-state index in [1.807, 2.05) is 0 Å². The SMILES string of the molecule is COC(=O)C[C@@H](N)c1scnc1Cl. The molecular formula is C7H9ClN2O2S. The summed E-state index contributed by atoms with van der Waals surface area (Å²) in [6.07, 6.45) is 0.123. The van der Waals surface area contributed by atoms with Gasteiger partial charge in [-0.15, -0.1) is 11.3 Å². The quantitative estimate of drug-likeness (QED) is 0.782. The number of ether oxygens (including phenoxy) is 1. The van der Waals surface area contributed by atoms with E-state index < -0.39 is 6.04 Å². The van der Waals surface area contributed by atoms with Crippen LogP contribution in [0.15, 0.2) is 5.51 Å². The first-order valence-corrected chi connectivity index (χ1v) is 4.82. The van der Waals surface area contributed by atoms with Gasteiger partial charge in [-0.2, -0.15) is 0 Å². The molecule has 0 amide bonds. The van der Waals surface area contributed by atoms with Crippen LogP contribution in [0.2, 0.25) is 5.15 Å². The summed E-state index contributed by atoms with van der Waals surface area (Å²) in [7, 11) is 1.32. The number of hydrogen-bond donors (Lipinski definition) is 1. The number of halogens is 1. The standard InChI is InChI=1S/C7H9ClN2O2S/c1-12-5(11)2-4(9)6-7(8)10-3-13-6/h3-4H,2,9H2,1H3/t4-/m1/s1. The molecule has 72 valence electrons. The van der Waals surface area contributed by atoms with Gasteiger partial charge < -0.3 is 10.5 Å². The predicted octanol–water partition coefficient (Wildman–Crippen LogP) is 1.36. The van der Waals surface area contributed by atoms with Gasteiger partial charge in [-0.25, -0.2) is 4.98 Å². The summed E-state index contributed by atoms with van der Waals surface area (Å²) in [6, 6.07) is -0.424. The van der Waals surface area contributed by atoms with Crippen molar-refractivity contribution in [2.24, 2.45) is 5.73 Å². The zero-order chi connectivity index (χ0) is 9.84. The van der Waals surface area contributed by atoms with Gasteiger partial charge in [0.05, 0.1) is 30.0 Å². The highest BCUT2D eigenvalue weighted by Gasteiger charge is 2.16. The van der Waals surface area contributed by atoms with Gasteiger partial charge >= 0.3 is 5.97 Å². The third kappa shape index (κ3) is 2.65. The molecule has 1 aromatic heterocycles. The average molecular weight is 221 g/mol. The second-order valence-electron chi connectivity index (χ2n) is 2.39. The minimum Gasteiger partial charge on any atom is -0.469 e. The Morgan fingerprint density at radius 2 is 2.62 bits per heavy atom. The fourth-order valence-electron chi connectivity index (χ4n) is 0.838. The molecule has 0 saturated carbocycles. The van der Waals surface area contributed by atoms with Crippen LogP contribution < -0.4 is 5.73 Å². The largest absolute Gasteiger partial charge is 0.469 e. The molecule has 0 aromatic carbocycles. The van der Waals surface area contributed by atoms with Crippen LogP contribution in [0.25, 0.3) is 0 Å². The van der Waals surface area contributed by atoms with Crippen LogP contribution in [0.4, 0.5) is 0 Å². The lowest BCUT2D eigenvalue weighted by Crippen LogP contribution is -2.15. The van der Waals surface area contributed by atoms with Gasteiger partial charge in [-0.1, -0.05) is 11.6 Å². The summed E-state index contributed by atoms with van der Waals surface area (Å²) in [6.45, 7) is 0. The third-order valence-corrected chi connectivity index (χ3v) is 2.87. The van der Waals surface area contributed by atoms with Crippen molar-refractivity contribution in [1.82, 2.24) is 4.98 Å². The van der Waals surface area contributed by atoms with Crippen LogP contribution in [0.3, 0.4) is 0 Å². The molecule has 0 aliphatic carbocycles. The van der Waals surface area contributed by atoms with E-state index in [-0.39, 0.29) is 12.4 Å². The van der Waals surface area contributed by atoms with E-state index in [0.29, 0.717) is 10.0 Å². The first-order chi connectivity index (χ1) is 6.15. The molecule has 0 bridgehead atoms. The Morgan fingerprint density at radius 3 is 3.08 bits per heavy atom. The van der Waals surface area contributed by atoms with Crippen molar-refractivity contribution in [3.8, 4) is 0 Å². The fourth-order valence-corrected chi connectivity index (χ4v) is 1.90. The maximum absolute atomic E-state index is 10.9. The maximum atomic E-state index is 10.9. The number of esters is 1. The van der Waals surface area contributed by atoms with Crippen LogP contribution in [-0.2, 0) is 9.53 Å². The summed E-state index contributed by atoms with van der Waals surface area (Å²) < 4.78 is 4.48. The molecule has 2 N–H and O–H groups in total. The zero-order valence-electron chi connectivity index (χ0n) is 6.99. The van der Waals surface area contributed by atoms with Gasteiger partial charge in [-0.3, -0.25) is 4.79 Å². The number of hydrogen-bond acceptors (Lipinski definition) is 5. The smallest absolute Gasteiger partial charge is 0.307 e. The molecule has 1 rings (SSSR count). The molecule has 1 atom stereocenters. The molecule has 1 aromatic rings. The summed E-state index contributed by atoms with van der Waals surface area (Å²) >= 11 is 7.06. The lowest BCUT2D eigenvalue weighted by molar-refractivity contribution is -0.141. The van der Waals surface area contributed by atoms with Gasteiger partial charge in [0.25, 0.3) is 0 Å². The number of carbonyl (C=O) groups is 1. The Kier molecular flexibility index (Phi) is 3.65. The highest BCUT2D eigenvalue weighted by molar-refractivity contribution is 7.10. The molecule has 0 spiro atoms. The molecule has 0 fully saturated rings. The Bertz CT molecular complexity index is 302. The Labute approximate surface area is 84.7 Å². The zero-order valence-corrected chi connectivity index (χ0v) is 8.56. The van der Waals surface area contributed by atoms with Crippen molar-refractivity contribution >= 4 is 28.9 Å². The Balaban J connectivity index is 2.63. The summed E-state index contributed by atoms with van der Waals surface area (Å²) in [5.74, 6) is -0.350. The molecule has 0 aliphatic heterocycles. The molecule has 1 heterocycles. The van der Waals surface area contributed by atoms with E-state index in [9.17, 15) is 4.79 Å². The first-order valence-electron chi connectivity index (χ1n) is 3.56. The lowest BCUT2D eigenvalue weighted by atomic mass is 10.2. The van der Waals surface area contributed by atoms with E-state index >= 15 is 0 Å². The molecule has 0 radical (unpaired) electrons. The minimum absolute atomic E-state index is 0.123. The number of methoxy groups -OCH3 is 1. The number of nitrogens with two attached hydrogens (primary N) is 1. The van der Waals surface area contributed by atoms with Crippen molar-refractivity contribution in [3.63, 3.8) is 0 Å². The van der Waals surface area contributed by atoms with E-state index in [1.54, 1.807) is 5.51 Å². The predicted molar refractivity (Wildman–Crippen MR) is 50.7 cm³/mol. The van der Waals surface area contributed by atoms with Crippen molar-refractivity contribution in [1.29, 1.82) is 0 Å². The molecule has 0 saturated heterocycles. The fraction of sp³-hybridized carbons (Fsp3) is 0.429. The molecule has 4 nitrogen and oxygen atoms in total. The van der Waals surface area contributed by atoms with Crippen molar-refractivity contribution in [2.75, 3.05) is 7.11 Å². The van der Waals surface area contributed by atoms with E-state index in [2.05, 4.69) is 9.72 Å². The van der Waals surface area contributed by atoms with Crippen LogP contribution in [0.5, 0.6) is 0 Å². The van der Waals surface area contributed by atoms with Crippen LogP contribution >= 0.6 is 22.9 Å². The normalized spacial score (nSPS) is 12.5. The number of nitrogens with zero attached hydrogens (tertiary/aromatic N) is 1. The Hall–Kier alpha value is -0.650.